The number of fused-ring (bicyclic) bond motifs is 1. The summed E-state index contributed by atoms with van der Waals surface area (Å²) in [4.78, 5) is 12.2. The van der Waals surface area contributed by atoms with Crippen molar-refractivity contribution in [1.82, 2.24) is 5.32 Å². The van der Waals surface area contributed by atoms with Gasteiger partial charge in [0, 0.05) is 5.02 Å². The zero-order chi connectivity index (χ0) is 16.2. The Kier molecular flexibility index (Phi) is 4.72. The first kappa shape index (κ1) is 15.7. The molecule has 0 aromatic heterocycles. The summed E-state index contributed by atoms with van der Waals surface area (Å²) in [7, 11) is 0. The van der Waals surface area contributed by atoms with Gasteiger partial charge in [0.1, 0.15) is 13.2 Å². The maximum absolute atomic E-state index is 12.2. The van der Waals surface area contributed by atoms with Gasteiger partial charge in [0.2, 0.25) is 5.91 Å². The highest BCUT2D eigenvalue weighted by atomic mass is 35.5. The average molecular weight is 332 g/mol. The summed E-state index contributed by atoms with van der Waals surface area (Å²) in [5.74, 6) is 1.36. The van der Waals surface area contributed by atoms with E-state index in [-0.39, 0.29) is 18.4 Å². The minimum atomic E-state index is -0.145. The summed E-state index contributed by atoms with van der Waals surface area (Å²) in [5.41, 5.74) is 1.79. The lowest BCUT2D eigenvalue weighted by Gasteiger charge is -2.19. The van der Waals surface area contributed by atoms with Crippen LogP contribution in [0.4, 0.5) is 0 Å². The van der Waals surface area contributed by atoms with Gasteiger partial charge in [-0.25, -0.2) is 0 Å². The fraction of sp³-hybridized carbons (Fsp3) is 0.278. The maximum Gasteiger partial charge on any atom is 0.224 e. The van der Waals surface area contributed by atoms with Crippen molar-refractivity contribution in [1.29, 1.82) is 0 Å². The van der Waals surface area contributed by atoms with Crippen LogP contribution in [0.5, 0.6) is 11.5 Å². The molecule has 1 atom stereocenters. The third-order valence-corrected chi connectivity index (χ3v) is 4.06. The van der Waals surface area contributed by atoms with Gasteiger partial charge in [0.05, 0.1) is 12.5 Å². The van der Waals surface area contributed by atoms with Crippen LogP contribution in [0.2, 0.25) is 5.02 Å². The number of carbonyl (C=O) groups excluding carboxylic acids is 1. The van der Waals surface area contributed by atoms with Gasteiger partial charge in [0.15, 0.2) is 11.5 Å². The van der Waals surface area contributed by atoms with Crippen molar-refractivity contribution in [3.05, 3.63) is 58.6 Å². The molecule has 2 aromatic carbocycles. The molecule has 0 spiro atoms. The van der Waals surface area contributed by atoms with Crippen LogP contribution in [-0.4, -0.2) is 19.1 Å². The largest absolute Gasteiger partial charge is 0.486 e. The molecule has 1 aliphatic heterocycles. The third-order valence-electron chi connectivity index (χ3n) is 3.72. The van der Waals surface area contributed by atoms with Crippen molar-refractivity contribution in [3.63, 3.8) is 0 Å². The summed E-state index contributed by atoms with van der Waals surface area (Å²) in [6, 6.07) is 12.9. The molecular weight excluding hydrogens is 314 g/mol. The van der Waals surface area contributed by atoms with Gasteiger partial charge in [-0.15, -0.1) is 0 Å². The summed E-state index contributed by atoms with van der Waals surface area (Å²) in [6.07, 6.45) is 0.283. The number of rotatable bonds is 4. The van der Waals surface area contributed by atoms with Crippen molar-refractivity contribution in [2.75, 3.05) is 13.2 Å². The molecule has 120 valence electrons. The monoisotopic (exact) mass is 331 g/mol. The van der Waals surface area contributed by atoms with Crippen molar-refractivity contribution in [2.45, 2.75) is 19.4 Å². The second kappa shape index (κ2) is 6.92. The van der Waals surface area contributed by atoms with Gasteiger partial charge in [-0.05, 0) is 36.2 Å². The minimum absolute atomic E-state index is 0.0610. The Morgan fingerprint density at radius 1 is 1.17 bits per heavy atom. The normalized spacial score (nSPS) is 14.2. The quantitative estimate of drug-likeness (QED) is 0.932. The third kappa shape index (κ3) is 3.77. The smallest absolute Gasteiger partial charge is 0.224 e. The molecular formula is C18H18ClNO3. The highest BCUT2D eigenvalue weighted by Crippen LogP contribution is 2.31. The molecule has 23 heavy (non-hydrogen) atoms. The Morgan fingerprint density at radius 3 is 2.70 bits per heavy atom. The average Bonchev–Trinajstić information content (AvgIpc) is 2.55. The molecule has 0 saturated carbocycles. The topological polar surface area (TPSA) is 47.6 Å². The van der Waals surface area contributed by atoms with Crippen LogP contribution in [-0.2, 0) is 11.2 Å². The van der Waals surface area contributed by atoms with Crippen molar-refractivity contribution < 1.29 is 14.3 Å². The molecule has 3 rings (SSSR count). The number of amides is 1. The Balaban J connectivity index is 1.64. The number of ether oxygens (including phenoxy) is 2. The number of hydrogen-bond donors (Lipinski definition) is 1. The SMILES string of the molecule is CC(NC(=O)Cc1ccc2c(c1)OCCO2)c1ccccc1Cl. The van der Waals surface area contributed by atoms with Crippen molar-refractivity contribution >= 4 is 17.5 Å². The number of hydrogen-bond acceptors (Lipinski definition) is 3. The lowest BCUT2D eigenvalue weighted by Crippen LogP contribution is -2.28. The molecule has 1 N–H and O–H groups in total. The number of benzene rings is 2. The van der Waals surface area contributed by atoms with Gasteiger partial charge in [-0.1, -0.05) is 35.9 Å². The van der Waals surface area contributed by atoms with Gasteiger partial charge >= 0.3 is 0 Å². The predicted octanol–water partition coefficient (Wildman–Crippen LogP) is 3.53. The predicted molar refractivity (Wildman–Crippen MR) is 89.1 cm³/mol. The fourth-order valence-electron chi connectivity index (χ4n) is 2.58. The van der Waals surface area contributed by atoms with Crippen LogP contribution in [0, 0.1) is 0 Å². The van der Waals surface area contributed by atoms with E-state index in [4.69, 9.17) is 21.1 Å². The second-order valence-corrected chi connectivity index (χ2v) is 5.87. The molecule has 0 bridgehead atoms. The first-order valence-electron chi connectivity index (χ1n) is 7.56. The van der Waals surface area contributed by atoms with Crippen LogP contribution >= 0.6 is 11.6 Å². The molecule has 0 fully saturated rings. The van der Waals surface area contributed by atoms with Gasteiger partial charge in [-0.2, -0.15) is 0 Å². The molecule has 1 amide bonds. The summed E-state index contributed by atoms with van der Waals surface area (Å²) < 4.78 is 11.0. The second-order valence-electron chi connectivity index (χ2n) is 5.47. The fourth-order valence-corrected chi connectivity index (χ4v) is 2.88. The number of carbonyl (C=O) groups is 1. The molecule has 5 heteroatoms. The first-order chi connectivity index (χ1) is 11.1. The van der Waals surface area contributed by atoms with Crippen LogP contribution in [0.1, 0.15) is 24.1 Å². The van der Waals surface area contributed by atoms with Crippen LogP contribution in [0.3, 0.4) is 0 Å². The molecule has 0 aliphatic carbocycles. The van der Waals surface area contributed by atoms with Gasteiger partial charge < -0.3 is 14.8 Å². The molecule has 4 nitrogen and oxygen atoms in total. The zero-order valence-corrected chi connectivity index (χ0v) is 13.6. The van der Waals surface area contributed by atoms with E-state index in [0.29, 0.717) is 24.0 Å². The van der Waals surface area contributed by atoms with Crippen LogP contribution in [0.15, 0.2) is 42.5 Å². The Morgan fingerprint density at radius 2 is 1.91 bits per heavy atom. The summed E-state index contributed by atoms with van der Waals surface area (Å²) in [6.45, 7) is 3.01. The molecule has 2 aromatic rings. The van der Waals surface area contributed by atoms with E-state index in [1.54, 1.807) is 0 Å². The Bertz CT molecular complexity index is 717. The van der Waals surface area contributed by atoms with E-state index >= 15 is 0 Å². The van der Waals surface area contributed by atoms with Crippen LogP contribution < -0.4 is 14.8 Å². The van der Waals surface area contributed by atoms with E-state index in [2.05, 4.69) is 5.32 Å². The lowest BCUT2D eigenvalue weighted by atomic mass is 10.1. The van der Waals surface area contributed by atoms with Crippen molar-refractivity contribution in [3.8, 4) is 11.5 Å². The maximum atomic E-state index is 12.2. The summed E-state index contributed by atoms with van der Waals surface area (Å²) in [5, 5.41) is 3.62. The highest BCUT2D eigenvalue weighted by Gasteiger charge is 2.15. The zero-order valence-electron chi connectivity index (χ0n) is 12.8. The number of halogens is 1. The Hall–Kier alpha value is -2.20. The number of nitrogens with one attached hydrogen (secondary N) is 1. The lowest BCUT2D eigenvalue weighted by molar-refractivity contribution is -0.121. The molecule has 0 radical (unpaired) electrons. The van der Waals surface area contributed by atoms with E-state index < -0.39 is 0 Å². The van der Waals surface area contributed by atoms with E-state index in [1.807, 2.05) is 49.4 Å². The Labute approximate surface area is 140 Å². The van der Waals surface area contributed by atoms with Crippen LogP contribution in [0.25, 0.3) is 0 Å². The summed E-state index contributed by atoms with van der Waals surface area (Å²) >= 11 is 6.16. The minimum Gasteiger partial charge on any atom is -0.486 e. The van der Waals surface area contributed by atoms with Crippen molar-refractivity contribution in [2.24, 2.45) is 0 Å². The van der Waals surface area contributed by atoms with E-state index in [0.717, 1.165) is 16.9 Å². The standard InChI is InChI=1S/C18H18ClNO3/c1-12(14-4-2-3-5-15(14)19)20-18(21)11-13-6-7-16-17(10-13)23-9-8-22-16/h2-7,10,12H,8-9,11H2,1H3,(H,20,21). The molecule has 0 saturated heterocycles. The highest BCUT2D eigenvalue weighted by molar-refractivity contribution is 6.31. The van der Waals surface area contributed by atoms with E-state index in [1.165, 1.54) is 0 Å². The molecule has 1 unspecified atom stereocenters. The molecule has 1 aliphatic rings. The first-order valence-corrected chi connectivity index (χ1v) is 7.93. The van der Waals surface area contributed by atoms with Gasteiger partial charge in [0.25, 0.3) is 0 Å². The van der Waals surface area contributed by atoms with Gasteiger partial charge in [-0.3, -0.25) is 4.79 Å². The molecule has 1 heterocycles. The van der Waals surface area contributed by atoms with E-state index in [9.17, 15) is 4.79 Å².